The number of nitrogens with zero attached hydrogens (tertiary/aromatic N) is 2. The van der Waals surface area contributed by atoms with Crippen LogP contribution in [0.4, 0.5) is 0 Å². The second-order valence-electron chi connectivity index (χ2n) is 10.2. The number of rotatable bonds is 14. The first kappa shape index (κ1) is 31.3. The highest BCUT2D eigenvalue weighted by atomic mass is 16.4. The van der Waals surface area contributed by atoms with Crippen LogP contribution in [0.25, 0.3) is 0 Å². The topological polar surface area (TPSA) is 226 Å². The van der Waals surface area contributed by atoms with Gasteiger partial charge in [0.15, 0.2) is 5.96 Å². The van der Waals surface area contributed by atoms with Gasteiger partial charge in [-0.25, -0.2) is 4.79 Å². The molecule has 3 amide bonds. The zero-order valence-electron chi connectivity index (χ0n) is 22.5. The number of aliphatic carboxylic acids is 1. The van der Waals surface area contributed by atoms with E-state index in [2.05, 4.69) is 15.6 Å². The fourth-order valence-electron chi connectivity index (χ4n) is 4.46. The second kappa shape index (κ2) is 14.9. The molecule has 4 unspecified atom stereocenters. The summed E-state index contributed by atoms with van der Waals surface area (Å²) in [6, 6.07) is 2.33. The molecule has 13 nitrogen and oxygen atoms in total. The number of nitrogens with two attached hydrogens (primary N) is 3. The van der Waals surface area contributed by atoms with Gasteiger partial charge in [0, 0.05) is 19.5 Å². The Labute approximate surface area is 228 Å². The number of guanidine groups is 1. The monoisotopic (exact) mass is 547 g/mol. The van der Waals surface area contributed by atoms with Gasteiger partial charge in [0.05, 0.1) is 6.04 Å². The minimum Gasteiger partial charge on any atom is -0.508 e. The molecule has 0 spiro atoms. The molecule has 1 aliphatic rings. The first-order valence-corrected chi connectivity index (χ1v) is 13.1. The summed E-state index contributed by atoms with van der Waals surface area (Å²) in [5, 5.41) is 24.4. The molecule has 0 radical (unpaired) electrons. The third-order valence-electron chi connectivity index (χ3n) is 6.46. The Hall–Kier alpha value is -3.87. The molecule has 1 heterocycles. The standard InChI is InChI=1S/C26H41N7O6/c1-15(2)13-20(25(38)39)32-23(36)21-6-4-12-33(21)24(37)19(14-16-7-9-17(34)10-8-16)31-22(35)18(27)5-3-11-30-26(28)29/h7-10,15,18-21,34H,3-6,11-14,27H2,1-2H3,(H,31,35)(H,32,36)(H,38,39)(H4,28,29,30). The van der Waals surface area contributed by atoms with Crippen molar-refractivity contribution in [3.63, 3.8) is 0 Å². The molecule has 1 aliphatic heterocycles. The molecule has 1 aromatic carbocycles. The number of benzene rings is 1. The molecular formula is C26H41N7O6. The smallest absolute Gasteiger partial charge is 0.326 e. The molecule has 2 rings (SSSR count). The van der Waals surface area contributed by atoms with Crippen LogP contribution in [0.15, 0.2) is 29.3 Å². The van der Waals surface area contributed by atoms with Crippen LogP contribution in [0, 0.1) is 5.92 Å². The molecule has 39 heavy (non-hydrogen) atoms. The maximum absolute atomic E-state index is 13.7. The van der Waals surface area contributed by atoms with E-state index in [0.29, 0.717) is 31.4 Å². The number of amides is 3. The van der Waals surface area contributed by atoms with Crippen LogP contribution in [-0.2, 0) is 25.6 Å². The van der Waals surface area contributed by atoms with Crippen molar-refractivity contribution in [2.75, 3.05) is 13.1 Å². The predicted octanol–water partition coefficient (Wildman–Crippen LogP) is -0.593. The maximum Gasteiger partial charge on any atom is 0.326 e. The lowest BCUT2D eigenvalue weighted by Gasteiger charge is -2.30. The van der Waals surface area contributed by atoms with Crippen LogP contribution in [0.1, 0.15) is 51.5 Å². The summed E-state index contributed by atoms with van der Waals surface area (Å²) in [4.78, 5) is 56.6. The normalized spacial score (nSPS) is 17.2. The van der Waals surface area contributed by atoms with Gasteiger partial charge in [0.1, 0.15) is 23.9 Å². The van der Waals surface area contributed by atoms with Crippen molar-refractivity contribution in [1.29, 1.82) is 0 Å². The summed E-state index contributed by atoms with van der Waals surface area (Å²) in [6.07, 6.45) is 2.01. The van der Waals surface area contributed by atoms with Gasteiger partial charge in [-0.3, -0.25) is 19.4 Å². The number of hydrogen-bond donors (Lipinski definition) is 7. The number of carboxylic acid groups (broad SMARTS) is 1. The lowest BCUT2D eigenvalue weighted by atomic mass is 10.0. The van der Waals surface area contributed by atoms with E-state index in [1.54, 1.807) is 12.1 Å². The van der Waals surface area contributed by atoms with Crippen molar-refractivity contribution in [3.05, 3.63) is 29.8 Å². The summed E-state index contributed by atoms with van der Waals surface area (Å²) in [5.74, 6) is -2.66. The molecule has 0 saturated carbocycles. The van der Waals surface area contributed by atoms with Crippen molar-refractivity contribution < 1.29 is 29.4 Å². The van der Waals surface area contributed by atoms with Gasteiger partial charge in [-0.15, -0.1) is 0 Å². The fraction of sp³-hybridized carbons (Fsp3) is 0.577. The summed E-state index contributed by atoms with van der Waals surface area (Å²) in [5.41, 5.74) is 17.3. The van der Waals surface area contributed by atoms with Crippen molar-refractivity contribution in [3.8, 4) is 5.75 Å². The minimum absolute atomic E-state index is 0.0429. The second-order valence-corrected chi connectivity index (χ2v) is 10.2. The van der Waals surface area contributed by atoms with Gasteiger partial charge in [-0.05, 0) is 55.7 Å². The zero-order chi connectivity index (χ0) is 29.1. The van der Waals surface area contributed by atoms with Gasteiger partial charge < -0.3 is 42.9 Å². The quantitative estimate of drug-likeness (QED) is 0.0895. The first-order valence-electron chi connectivity index (χ1n) is 13.1. The average Bonchev–Trinajstić information content (AvgIpc) is 3.36. The first-order chi connectivity index (χ1) is 18.4. The molecule has 0 bridgehead atoms. The van der Waals surface area contributed by atoms with Gasteiger partial charge >= 0.3 is 5.97 Å². The number of likely N-dealkylation sites (tertiary alicyclic amines) is 1. The molecule has 0 aliphatic carbocycles. The van der Waals surface area contributed by atoms with E-state index in [4.69, 9.17) is 17.2 Å². The largest absolute Gasteiger partial charge is 0.508 e. The highest BCUT2D eigenvalue weighted by Gasteiger charge is 2.39. The van der Waals surface area contributed by atoms with E-state index in [-0.39, 0.29) is 43.4 Å². The van der Waals surface area contributed by atoms with Gasteiger partial charge in [-0.2, -0.15) is 0 Å². The number of carbonyl (C=O) groups is 4. The van der Waals surface area contributed by atoms with Crippen LogP contribution >= 0.6 is 0 Å². The van der Waals surface area contributed by atoms with E-state index in [1.165, 1.54) is 17.0 Å². The Bertz CT molecular complexity index is 1030. The molecule has 4 atom stereocenters. The lowest BCUT2D eigenvalue weighted by molar-refractivity contribution is -0.145. The minimum atomic E-state index is -1.14. The zero-order valence-corrected chi connectivity index (χ0v) is 22.5. The molecule has 1 fully saturated rings. The van der Waals surface area contributed by atoms with Gasteiger partial charge in [-0.1, -0.05) is 26.0 Å². The van der Waals surface area contributed by atoms with Gasteiger partial charge in [0.25, 0.3) is 0 Å². The van der Waals surface area contributed by atoms with Crippen LogP contribution in [0.5, 0.6) is 5.75 Å². The molecule has 1 aromatic rings. The summed E-state index contributed by atoms with van der Waals surface area (Å²) < 4.78 is 0. The third kappa shape index (κ3) is 10.1. The number of carboxylic acids is 1. The average molecular weight is 548 g/mol. The molecular weight excluding hydrogens is 506 g/mol. The Kier molecular flexibility index (Phi) is 12.0. The number of nitrogens with one attached hydrogen (secondary N) is 2. The highest BCUT2D eigenvalue weighted by Crippen LogP contribution is 2.21. The van der Waals surface area contributed by atoms with E-state index < -0.39 is 47.9 Å². The van der Waals surface area contributed by atoms with Gasteiger partial charge in [0.2, 0.25) is 17.7 Å². The summed E-state index contributed by atoms with van der Waals surface area (Å²) in [7, 11) is 0. The number of hydrogen-bond acceptors (Lipinski definition) is 7. The number of phenols is 1. The molecule has 1 saturated heterocycles. The van der Waals surface area contributed by atoms with Crippen molar-refractivity contribution in [2.24, 2.45) is 28.1 Å². The maximum atomic E-state index is 13.7. The summed E-state index contributed by atoms with van der Waals surface area (Å²) >= 11 is 0. The van der Waals surface area contributed by atoms with E-state index in [0.717, 1.165) is 0 Å². The van der Waals surface area contributed by atoms with Crippen molar-refractivity contribution in [1.82, 2.24) is 15.5 Å². The SMILES string of the molecule is CC(C)CC(NC(=O)C1CCCN1C(=O)C(Cc1ccc(O)cc1)NC(=O)C(N)CCCN=C(N)N)C(=O)O. The lowest BCUT2D eigenvalue weighted by Crippen LogP contribution is -2.57. The highest BCUT2D eigenvalue weighted by molar-refractivity contribution is 5.94. The predicted molar refractivity (Wildman–Crippen MR) is 145 cm³/mol. The number of aromatic hydroxyl groups is 1. The number of phenolic OH excluding ortho intramolecular Hbond substituents is 1. The summed E-state index contributed by atoms with van der Waals surface area (Å²) in [6.45, 7) is 4.30. The van der Waals surface area contributed by atoms with E-state index in [1.807, 2.05) is 13.8 Å². The number of carbonyl (C=O) groups excluding carboxylic acids is 3. The molecule has 0 aromatic heterocycles. The van der Waals surface area contributed by atoms with Crippen LogP contribution in [0.3, 0.4) is 0 Å². The van der Waals surface area contributed by atoms with Crippen molar-refractivity contribution >= 4 is 29.7 Å². The van der Waals surface area contributed by atoms with Crippen LogP contribution < -0.4 is 27.8 Å². The van der Waals surface area contributed by atoms with Crippen LogP contribution in [0.2, 0.25) is 0 Å². The fourth-order valence-corrected chi connectivity index (χ4v) is 4.46. The Morgan fingerprint density at radius 3 is 2.36 bits per heavy atom. The molecule has 10 N–H and O–H groups in total. The third-order valence-corrected chi connectivity index (χ3v) is 6.46. The number of aliphatic imine (C=N–C) groups is 1. The van der Waals surface area contributed by atoms with E-state index in [9.17, 15) is 29.4 Å². The molecule has 13 heteroatoms. The van der Waals surface area contributed by atoms with Crippen LogP contribution in [-0.4, -0.2) is 82.0 Å². The Morgan fingerprint density at radius 1 is 1.10 bits per heavy atom. The molecule has 216 valence electrons. The Balaban J connectivity index is 2.18. The Morgan fingerprint density at radius 2 is 1.77 bits per heavy atom. The van der Waals surface area contributed by atoms with Crippen molar-refractivity contribution in [2.45, 2.75) is 76.5 Å². The van der Waals surface area contributed by atoms with E-state index >= 15 is 0 Å².